The molecule has 3 heteroatoms. The minimum Gasteiger partial charge on any atom is -0.371 e. The Morgan fingerprint density at radius 2 is 2.29 bits per heavy atom. The average molecular weight is 254 g/mol. The number of anilines is 1. The number of rotatable bonds is 1. The van der Waals surface area contributed by atoms with Crippen LogP contribution in [0.15, 0.2) is 22.7 Å². The van der Waals surface area contributed by atoms with Gasteiger partial charge in [0.15, 0.2) is 5.78 Å². The van der Waals surface area contributed by atoms with Crippen molar-refractivity contribution in [3.63, 3.8) is 0 Å². The second-order valence-corrected chi connectivity index (χ2v) is 4.33. The van der Waals surface area contributed by atoms with Crippen LogP contribution >= 0.6 is 15.9 Å². The van der Waals surface area contributed by atoms with Crippen LogP contribution in [-0.2, 0) is 0 Å². The van der Waals surface area contributed by atoms with Gasteiger partial charge in [-0.3, -0.25) is 4.79 Å². The number of carbonyl (C=O) groups excluding carboxylic acids is 1. The predicted molar refractivity (Wildman–Crippen MR) is 61.0 cm³/mol. The maximum atomic E-state index is 11.7. The minimum absolute atomic E-state index is 0.256. The van der Waals surface area contributed by atoms with Crippen molar-refractivity contribution in [1.82, 2.24) is 0 Å². The largest absolute Gasteiger partial charge is 0.371 e. The predicted octanol–water partition coefficient (Wildman–Crippen LogP) is 2.86. The van der Waals surface area contributed by atoms with E-state index in [0.717, 1.165) is 28.8 Å². The lowest BCUT2D eigenvalue weighted by Crippen LogP contribution is -2.31. The van der Waals surface area contributed by atoms with E-state index in [1.165, 1.54) is 0 Å². The summed E-state index contributed by atoms with van der Waals surface area (Å²) in [6.07, 6.45) is 0.636. The molecule has 0 fully saturated rings. The molecular formula is C11H12BrNO. The molecule has 0 atom stereocenters. The highest BCUT2D eigenvalue weighted by molar-refractivity contribution is 9.10. The molecule has 1 heterocycles. The summed E-state index contributed by atoms with van der Waals surface area (Å²) >= 11 is 3.39. The van der Waals surface area contributed by atoms with Crippen molar-refractivity contribution in [2.75, 3.05) is 18.0 Å². The number of carbonyl (C=O) groups is 1. The van der Waals surface area contributed by atoms with Crippen molar-refractivity contribution in [1.29, 1.82) is 0 Å². The highest BCUT2D eigenvalue weighted by Crippen LogP contribution is 2.29. The molecule has 0 spiro atoms. The smallest absolute Gasteiger partial charge is 0.166 e. The summed E-state index contributed by atoms with van der Waals surface area (Å²) in [6, 6.07) is 5.92. The maximum absolute atomic E-state index is 11.7. The third kappa shape index (κ3) is 1.57. The van der Waals surface area contributed by atoms with Gasteiger partial charge in [-0.25, -0.2) is 0 Å². The summed E-state index contributed by atoms with van der Waals surface area (Å²) in [4.78, 5) is 13.9. The van der Waals surface area contributed by atoms with E-state index >= 15 is 0 Å². The van der Waals surface area contributed by atoms with Gasteiger partial charge < -0.3 is 4.90 Å². The van der Waals surface area contributed by atoms with Gasteiger partial charge in [-0.1, -0.05) is 15.9 Å². The van der Waals surface area contributed by atoms with Crippen LogP contribution in [0.25, 0.3) is 0 Å². The van der Waals surface area contributed by atoms with Gasteiger partial charge in [0.05, 0.1) is 0 Å². The molecular weight excluding hydrogens is 242 g/mol. The monoisotopic (exact) mass is 253 g/mol. The van der Waals surface area contributed by atoms with Gasteiger partial charge in [0.1, 0.15) is 0 Å². The molecule has 0 amide bonds. The number of ketones is 1. The molecule has 0 aromatic heterocycles. The molecule has 2 rings (SSSR count). The zero-order chi connectivity index (χ0) is 10.1. The van der Waals surface area contributed by atoms with Crippen LogP contribution < -0.4 is 4.90 Å². The van der Waals surface area contributed by atoms with Crippen LogP contribution in [0.4, 0.5) is 5.69 Å². The minimum atomic E-state index is 0.256. The lowest BCUT2D eigenvalue weighted by molar-refractivity contribution is 0.0980. The summed E-state index contributed by atoms with van der Waals surface area (Å²) in [6.45, 7) is 3.92. The Labute approximate surface area is 92.0 Å². The van der Waals surface area contributed by atoms with Gasteiger partial charge in [0.25, 0.3) is 0 Å². The molecule has 0 N–H and O–H groups in total. The van der Waals surface area contributed by atoms with Gasteiger partial charge >= 0.3 is 0 Å². The fourth-order valence-electron chi connectivity index (χ4n) is 1.83. The molecule has 1 aliphatic heterocycles. The number of benzene rings is 1. The Kier molecular flexibility index (Phi) is 2.59. The van der Waals surface area contributed by atoms with E-state index in [1.54, 1.807) is 0 Å². The molecule has 1 aromatic rings. The number of hydrogen-bond acceptors (Lipinski definition) is 2. The van der Waals surface area contributed by atoms with Gasteiger partial charge in [0, 0.05) is 35.2 Å². The average Bonchev–Trinajstić information content (AvgIpc) is 2.19. The Hall–Kier alpha value is -0.830. The van der Waals surface area contributed by atoms with Crippen molar-refractivity contribution in [3.8, 4) is 0 Å². The van der Waals surface area contributed by atoms with Gasteiger partial charge in [-0.05, 0) is 25.1 Å². The third-order valence-corrected chi connectivity index (χ3v) is 3.08. The first-order valence-corrected chi connectivity index (χ1v) is 5.59. The quantitative estimate of drug-likeness (QED) is 0.768. The van der Waals surface area contributed by atoms with E-state index in [0.29, 0.717) is 6.42 Å². The molecule has 0 aliphatic carbocycles. The van der Waals surface area contributed by atoms with Crippen LogP contribution in [-0.4, -0.2) is 18.9 Å². The second-order valence-electron chi connectivity index (χ2n) is 3.41. The molecule has 2 nitrogen and oxygen atoms in total. The third-order valence-electron chi connectivity index (χ3n) is 2.59. The molecule has 74 valence electrons. The van der Waals surface area contributed by atoms with E-state index in [1.807, 2.05) is 18.2 Å². The molecule has 0 saturated heterocycles. The Morgan fingerprint density at radius 1 is 1.50 bits per heavy atom. The molecule has 1 aromatic carbocycles. The first-order valence-electron chi connectivity index (χ1n) is 4.80. The number of Topliss-reactive ketones (excluding diaryl/α,β-unsaturated/α-hetero) is 1. The summed E-state index contributed by atoms with van der Waals surface area (Å²) in [7, 11) is 0. The van der Waals surface area contributed by atoms with Crippen LogP contribution in [0.1, 0.15) is 23.7 Å². The molecule has 0 radical (unpaired) electrons. The zero-order valence-electron chi connectivity index (χ0n) is 8.09. The van der Waals surface area contributed by atoms with E-state index in [2.05, 4.69) is 27.8 Å². The molecule has 14 heavy (non-hydrogen) atoms. The molecule has 0 unspecified atom stereocenters. The number of fused-ring (bicyclic) bond motifs is 1. The van der Waals surface area contributed by atoms with Crippen LogP contribution in [0.3, 0.4) is 0 Å². The van der Waals surface area contributed by atoms with Crippen LogP contribution in [0.5, 0.6) is 0 Å². The van der Waals surface area contributed by atoms with Crippen LogP contribution in [0.2, 0.25) is 0 Å². The lowest BCUT2D eigenvalue weighted by Gasteiger charge is -2.29. The fraction of sp³-hybridized carbons (Fsp3) is 0.364. The Morgan fingerprint density at radius 3 is 3.00 bits per heavy atom. The van der Waals surface area contributed by atoms with Crippen LogP contribution in [0, 0.1) is 0 Å². The summed E-state index contributed by atoms with van der Waals surface area (Å²) in [5.41, 5.74) is 1.93. The van der Waals surface area contributed by atoms with Crippen molar-refractivity contribution in [2.45, 2.75) is 13.3 Å². The van der Waals surface area contributed by atoms with Crippen molar-refractivity contribution < 1.29 is 4.79 Å². The zero-order valence-corrected chi connectivity index (χ0v) is 9.67. The lowest BCUT2D eigenvalue weighted by atomic mass is 10.0. The Bertz CT molecular complexity index is 376. The highest BCUT2D eigenvalue weighted by atomic mass is 79.9. The number of hydrogen-bond donors (Lipinski definition) is 0. The SMILES string of the molecule is CCN1CCC(=O)c2cc(Br)ccc21. The topological polar surface area (TPSA) is 20.3 Å². The van der Waals surface area contributed by atoms with E-state index in [-0.39, 0.29) is 5.78 Å². The van der Waals surface area contributed by atoms with Gasteiger partial charge in [-0.15, -0.1) is 0 Å². The molecule has 0 saturated carbocycles. The summed E-state index contributed by atoms with van der Waals surface area (Å²) in [5, 5.41) is 0. The van der Waals surface area contributed by atoms with Crippen molar-refractivity contribution in [3.05, 3.63) is 28.2 Å². The highest BCUT2D eigenvalue weighted by Gasteiger charge is 2.21. The fourth-order valence-corrected chi connectivity index (χ4v) is 2.19. The second kappa shape index (κ2) is 3.73. The van der Waals surface area contributed by atoms with Gasteiger partial charge in [0.2, 0.25) is 0 Å². The normalized spacial score (nSPS) is 15.6. The first-order chi connectivity index (χ1) is 6.72. The van der Waals surface area contributed by atoms with E-state index < -0.39 is 0 Å². The standard InChI is InChI=1S/C11H12BrNO/c1-2-13-6-5-11(14)9-7-8(12)3-4-10(9)13/h3-4,7H,2,5-6H2,1H3. The number of halogens is 1. The Balaban J connectivity index is 2.51. The summed E-state index contributed by atoms with van der Waals surface area (Å²) in [5.74, 6) is 0.256. The molecule has 1 aliphatic rings. The molecule has 0 bridgehead atoms. The first kappa shape index (κ1) is 9.71. The van der Waals surface area contributed by atoms with E-state index in [4.69, 9.17) is 0 Å². The van der Waals surface area contributed by atoms with Gasteiger partial charge in [-0.2, -0.15) is 0 Å². The van der Waals surface area contributed by atoms with E-state index in [9.17, 15) is 4.79 Å². The summed E-state index contributed by atoms with van der Waals surface area (Å²) < 4.78 is 0.975. The van der Waals surface area contributed by atoms with Crippen molar-refractivity contribution >= 4 is 27.4 Å². The van der Waals surface area contributed by atoms with Crippen molar-refractivity contribution in [2.24, 2.45) is 0 Å². The number of nitrogens with zero attached hydrogens (tertiary/aromatic N) is 1. The maximum Gasteiger partial charge on any atom is 0.166 e.